The van der Waals surface area contributed by atoms with Crippen LogP contribution in [0.2, 0.25) is 0 Å². The Labute approximate surface area is 97.4 Å². The molecule has 0 amide bonds. The van der Waals surface area contributed by atoms with E-state index in [2.05, 4.69) is 28.4 Å². The van der Waals surface area contributed by atoms with Crippen LogP contribution in [0.1, 0.15) is 0 Å². The normalized spacial score (nSPS) is 10.8. The summed E-state index contributed by atoms with van der Waals surface area (Å²) < 4.78 is 2.48. The molecule has 0 bridgehead atoms. The van der Waals surface area contributed by atoms with E-state index in [0.29, 0.717) is 4.77 Å². The van der Waals surface area contributed by atoms with Crippen LogP contribution in [0.4, 0.5) is 0 Å². The number of nitrogens with zero attached hydrogens (tertiary/aromatic N) is 2. The highest BCUT2D eigenvalue weighted by Gasteiger charge is 2.02. The molecule has 3 rings (SSSR count). The zero-order valence-electron chi connectivity index (χ0n) is 8.42. The van der Waals surface area contributed by atoms with Gasteiger partial charge in [-0.25, -0.2) is 0 Å². The van der Waals surface area contributed by atoms with Crippen molar-refractivity contribution >= 4 is 23.0 Å². The third-order valence-electron chi connectivity index (χ3n) is 2.58. The summed E-state index contributed by atoms with van der Waals surface area (Å²) >= 11 is 5.18. The summed E-state index contributed by atoms with van der Waals surface area (Å²) in [7, 11) is 0. The maximum Gasteiger partial charge on any atom is 0.199 e. The topological polar surface area (TPSA) is 33.6 Å². The lowest BCUT2D eigenvalue weighted by molar-refractivity contribution is 1.04. The molecule has 1 N–H and O–H groups in total. The van der Waals surface area contributed by atoms with E-state index < -0.39 is 0 Å². The first-order valence-electron chi connectivity index (χ1n) is 4.96. The molecule has 3 aromatic rings. The van der Waals surface area contributed by atoms with Gasteiger partial charge in [0.25, 0.3) is 0 Å². The third kappa shape index (κ3) is 1.35. The van der Waals surface area contributed by atoms with Crippen molar-refractivity contribution in [3.63, 3.8) is 0 Å². The van der Waals surface area contributed by atoms with Crippen molar-refractivity contribution in [2.24, 2.45) is 0 Å². The number of aromatic amines is 1. The highest BCUT2D eigenvalue weighted by atomic mass is 32.1. The Morgan fingerprint density at radius 1 is 1.06 bits per heavy atom. The standard InChI is InChI=1S/C12H9N3S/c16-12-14-13-8-15(12)11-7-3-5-9-4-1-2-6-10(9)11/h1-8H,(H,14,16). The van der Waals surface area contributed by atoms with E-state index in [9.17, 15) is 0 Å². The van der Waals surface area contributed by atoms with Gasteiger partial charge in [-0.2, -0.15) is 5.10 Å². The molecule has 1 heterocycles. The van der Waals surface area contributed by atoms with Crippen LogP contribution in [0, 0.1) is 4.77 Å². The van der Waals surface area contributed by atoms with Crippen molar-refractivity contribution in [2.45, 2.75) is 0 Å². The molecule has 4 heteroatoms. The Kier molecular flexibility index (Phi) is 2.08. The van der Waals surface area contributed by atoms with Crippen LogP contribution < -0.4 is 0 Å². The van der Waals surface area contributed by atoms with E-state index in [1.54, 1.807) is 6.33 Å². The second-order valence-corrected chi connectivity index (χ2v) is 3.92. The molecule has 0 radical (unpaired) electrons. The molecule has 0 spiro atoms. The molecule has 0 aliphatic rings. The minimum Gasteiger partial charge on any atom is -0.274 e. The lowest BCUT2D eigenvalue weighted by atomic mass is 10.1. The van der Waals surface area contributed by atoms with Gasteiger partial charge in [0.15, 0.2) is 4.77 Å². The third-order valence-corrected chi connectivity index (χ3v) is 2.87. The molecule has 0 atom stereocenters. The van der Waals surface area contributed by atoms with Crippen molar-refractivity contribution < 1.29 is 0 Å². The van der Waals surface area contributed by atoms with Gasteiger partial charge in [0.05, 0.1) is 5.69 Å². The van der Waals surface area contributed by atoms with Gasteiger partial charge < -0.3 is 0 Å². The minimum absolute atomic E-state index is 0.608. The maximum absolute atomic E-state index is 5.18. The Morgan fingerprint density at radius 3 is 2.69 bits per heavy atom. The molecule has 0 unspecified atom stereocenters. The lowest BCUT2D eigenvalue weighted by Crippen LogP contribution is -1.93. The SMILES string of the molecule is S=c1[nH]ncn1-c1cccc2ccccc12. The van der Waals surface area contributed by atoms with Gasteiger partial charge in [0.1, 0.15) is 6.33 Å². The smallest absolute Gasteiger partial charge is 0.199 e. The van der Waals surface area contributed by atoms with Gasteiger partial charge in [-0.05, 0) is 23.7 Å². The number of fused-ring (bicyclic) bond motifs is 1. The molecule has 2 aromatic carbocycles. The number of hydrogen-bond donors (Lipinski definition) is 1. The van der Waals surface area contributed by atoms with Crippen LogP contribution in [0.15, 0.2) is 48.8 Å². The molecule has 78 valence electrons. The van der Waals surface area contributed by atoms with Crippen molar-refractivity contribution in [3.05, 3.63) is 53.6 Å². The Balaban J connectivity index is 2.41. The van der Waals surface area contributed by atoms with Crippen LogP contribution in [-0.2, 0) is 0 Å². The quantitative estimate of drug-likeness (QED) is 0.648. The summed E-state index contributed by atoms with van der Waals surface area (Å²) in [6.07, 6.45) is 1.70. The second-order valence-electron chi connectivity index (χ2n) is 3.53. The molecule has 16 heavy (non-hydrogen) atoms. The van der Waals surface area contributed by atoms with Crippen molar-refractivity contribution in [3.8, 4) is 5.69 Å². The number of rotatable bonds is 1. The Morgan fingerprint density at radius 2 is 1.88 bits per heavy atom. The molecule has 0 saturated carbocycles. The number of hydrogen-bond acceptors (Lipinski definition) is 2. The number of H-pyrrole nitrogens is 1. The van der Waals surface area contributed by atoms with E-state index in [4.69, 9.17) is 12.2 Å². The molecule has 0 fully saturated rings. The molecule has 3 nitrogen and oxygen atoms in total. The van der Waals surface area contributed by atoms with E-state index in [-0.39, 0.29) is 0 Å². The predicted octanol–water partition coefficient (Wildman–Crippen LogP) is 3.08. The van der Waals surface area contributed by atoms with E-state index in [0.717, 1.165) is 5.69 Å². The largest absolute Gasteiger partial charge is 0.274 e. The lowest BCUT2D eigenvalue weighted by Gasteiger charge is -2.05. The summed E-state index contributed by atoms with van der Waals surface area (Å²) in [6.45, 7) is 0. The Bertz CT molecular complexity index is 691. The van der Waals surface area contributed by atoms with Crippen molar-refractivity contribution in [2.75, 3.05) is 0 Å². The first kappa shape index (κ1) is 9.30. The maximum atomic E-state index is 5.18. The highest BCUT2D eigenvalue weighted by Crippen LogP contribution is 2.21. The van der Waals surface area contributed by atoms with Gasteiger partial charge >= 0.3 is 0 Å². The fourth-order valence-corrected chi connectivity index (χ4v) is 2.04. The number of aromatic nitrogens is 3. The molecule has 0 aliphatic carbocycles. The van der Waals surface area contributed by atoms with E-state index >= 15 is 0 Å². The zero-order chi connectivity index (χ0) is 11.0. The summed E-state index contributed by atoms with van der Waals surface area (Å²) in [5, 5.41) is 9.06. The van der Waals surface area contributed by atoms with Crippen LogP contribution in [-0.4, -0.2) is 14.8 Å². The van der Waals surface area contributed by atoms with E-state index in [1.807, 2.05) is 28.8 Å². The summed E-state index contributed by atoms with van der Waals surface area (Å²) in [4.78, 5) is 0. The molecular weight excluding hydrogens is 218 g/mol. The molecule has 0 saturated heterocycles. The first-order valence-corrected chi connectivity index (χ1v) is 5.37. The van der Waals surface area contributed by atoms with E-state index in [1.165, 1.54) is 10.8 Å². The summed E-state index contributed by atoms with van der Waals surface area (Å²) in [5.74, 6) is 0. The van der Waals surface area contributed by atoms with Crippen molar-refractivity contribution in [1.29, 1.82) is 0 Å². The first-order chi connectivity index (χ1) is 7.86. The Hall–Kier alpha value is -1.94. The van der Waals surface area contributed by atoms with Crippen molar-refractivity contribution in [1.82, 2.24) is 14.8 Å². The zero-order valence-corrected chi connectivity index (χ0v) is 9.24. The van der Waals surface area contributed by atoms with Gasteiger partial charge in [-0.3, -0.25) is 9.67 Å². The fraction of sp³-hybridized carbons (Fsp3) is 0. The van der Waals surface area contributed by atoms with Gasteiger partial charge in [-0.15, -0.1) is 0 Å². The number of nitrogens with one attached hydrogen (secondary N) is 1. The average Bonchev–Trinajstić information content (AvgIpc) is 2.75. The van der Waals surface area contributed by atoms with Crippen LogP contribution in [0.3, 0.4) is 0 Å². The van der Waals surface area contributed by atoms with Gasteiger partial charge in [-0.1, -0.05) is 36.4 Å². The molecule has 0 aliphatic heterocycles. The second kappa shape index (κ2) is 3.57. The summed E-state index contributed by atoms with van der Waals surface area (Å²) in [5.41, 5.74) is 1.05. The van der Waals surface area contributed by atoms with Crippen LogP contribution >= 0.6 is 12.2 Å². The monoisotopic (exact) mass is 227 g/mol. The number of benzene rings is 2. The minimum atomic E-state index is 0.608. The molecule has 1 aromatic heterocycles. The average molecular weight is 227 g/mol. The highest BCUT2D eigenvalue weighted by molar-refractivity contribution is 7.71. The summed E-state index contributed by atoms with van der Waals surface area (Å²) in [6, 6.07) is 14.4. The van der Waals surface area contributed by atoms with Crippen LogP contribution in [0.25, 0.3) is 16.5 Å². The van der Waals surface area contributed by atoms with Crippen LogP contribution in [0.5, 0.6) is 0 Å². The van der Waals surface area contributed by atoms with Gasteiger partial charge in [0.2, 0.25) is 0 Å². The predicted molar refractivity (Wildman–Crippen MR) is 66.3 cm³/mol. The molecular formula is C12H9N3S. The van der Waals surface area contributed by atoms with Gasteiger partial charge in [0, 0.05) is 5.39 Å². The fourth-order valence-electron chi connectivity index (χ4n) is 1.84.